The van der Waals surface area contributed by atoms with Gasteiger partial charge in [0.25, 0.3) is 0 Å². The summed E-state index contributed by atoms with van der Waals surface area (Å²) in [6.07, 6.45) is 5.02. The highest BCUT2D eigenvalue weighted by molar-refractivity contribution is 9.10. The van der Waals surface area contributed by atoms with Gasteiger partial charge in [-0.1, -0.05) is 34.2 Å². The molecular weight excluding hydrogens is 276 g/mol. The fourth-order valence-corrected chi connectivity index (χ4v) is 2.87. The van der Waals surface area contributed by atoms with Gasteiger partial charge in [-0.3, -0.25) is 0 Å². The second-order valence-corrected chi connectivity index (χ2v) is 5.78. The van der Waals surface area contributed by atoms with Crippen molar-refractivity contribution in [1.29, 1.82) is 0 Å². The van der Waals surface area contributed by atoms with E-state index < -0.39 is 5.60 Å². The molecule has 2 rings (SSSR count). The van der Waals surface area contributed by atoms with Crippen molar-refractivity contribution >= 4 is 15.9 Å². The molecule has 17 heavy (non-hydrogen) atoms. The molecule has 1 N–H and O–H groups in total. The molecule has 1 aliphatic rings. The van der Waals surface area contributed by atoms with Crippen molar-refractivity contribution in [3.63, 3.8) is 0 Å². The molecule has 0 bridgehead atoms. The SMILES string of the molecule is Cc1cc(Br)cc(C#CC2(O)CCCCC2)c1. The smallest absolute Gasteiger partial charge is 0.125 e. The molecule has 2 heteroatoms. The first-order chi connectivity index (χ1) is 8.07. The van der Waals surface area contributed by atoms with Gasteiger partial charge in [0.1, 0.15) is 5.60 Å². The number of rotatable bonds is 0. The summed E-state index contributed by atoms with van der Waals surface area (Å²) in [6, 6.07) is 6.09. The first-order valence-corrected chi connectivity index (χ1v) is 6.89. The van der Waals surface area contributed by atoms with Gasteiger partial charge in [0.15, 0.2) is 0 Å². The maximum atomic E-state index is 10.3. The van der Waals surface area contributed by atoms with Crippen molar-refractivity contribution in [2.75, 3.05) is 0 Å². The van der Waals surface area contributed by atoms with Crippen LogP contribution in [-0.2, 0) is 0 Å². The molecule has 1 fully saturated rings. The van der Waals surface area contributed by atoms with Crippen molar-refractivity contribution in [3.8, 4) is 11.8 Å². The lowest BCUT2D eigenvalue weighted by Crippen LogP contribution is -2.29. The average Bonchev–Trinajstić information content (AvgIpc) is 2.26. The van der Waals surface area contributed by atoms with Crippen LogP contribution in [0.1, 0.15) is 43.2 Å². The molecule has 0 aromatic heterocycles. The van der Waals surface area contributed by atoms with Crippen molar-refractivity contribution in [2.24, 2.45) is 0 Å². The van der Waals surface area contributed by atoms with E-state index in [1.54, 1.807) is 0 Å². The highest BCUT2D eigenvalue weighted by Crippen LogP contribution is 2.27. The van der Waals surface area contributed by atoms with Crippen LogP contribution in [0.5, 0.6) is 0 Å². The van der Waals surface area contributed by atoms with Crippen LogP contribution in [0, 0.1) is 18.8 Å². The van der Waals surface area contributed by atoms with Crippen molar-refractivity contribution in [2.45, 2.75) is 44.6 Å². The topological polar surface area (TPSA) is 20.2 Å². The van der Waals surface area contributed by atoms with E-state index in [1.807, 2.05) is 19.1 Å². The fourth-order valence-electron chi connectivity index (χ4n) is 2.26. The fraction of sp³-hybridized carbons (Fsp3) is 0.467. The molecule has 1 nitrogen and oxygen atoms in total. The lowest BCUT2D eigenvalue weighted by Gasteiger charge is -2.26. The van der Waals surface area contributed by atoms with E-state index >= 15 is 0 Å². The molecule has 90 valence electrons. The highest BCUT2D eigenvalue weighted by atomic mass is 79.9. The molecule has 0 spiro atoms. The summed E-state index contributed by atoms with van der Waals surface area (Å²) < 4.78 is 1.04. The summed E-state index contributed by atoms with van der Waals surface area (Å²) in [6.45, 7) is 2.05. The largest absolute Gasteiger partial charge is 0.378 e. The van der Waals surface area contributed by atoms with Crippen LogP contribution < -0.4 is 0 Å². The zero-order valence-electron chi connectivity index (χ0n) is 10.1. The molecule has 1 saturated carbocycles. The summed E-state index contributed by atoms with van der Waals surface area (Å²) in [7, 11) is 0. The van der Waals surface area contributed by atoms with E-state index in [-0.39, 0.29) is 0 Å². The number of hydrogen-bond donors (Lipinski definition) is 1. The Morgan fingerprint density at radius 3 is 2.53 bits per heavy atom. The number of aryl methyl sites for hydroxylation is 1. The quantitative estimate of drug-likeness (QED) is 0.721. The van der Waals surface area contributed by atoms with Crippen LogP contribution in [0.25, 0.3) is 0 Å². The molecule has 0 amide bonds. The van der Waals surface area contributed by atoms with Crippen molar-refractivity contribution < 1.29 is 5.11 Å². The molecule has 0 aliphatic heterocycles. The third kappa shape index (κ3) is 3.59. The third-order valence-corrected chi connectivity index (χ3v) is 3.62. The monoisotopic (exact) mass is 292 g/mol. The maximum absolute atomic E-state index is 10.3. The minimum absolute atomic E-state index is 0.755. The Morgan fingerprint density at radius 1 is 1.18 bits per heavy atom. The van der Waals surface area contributed by atoms with Crippen LogP contribution in [0.15, 0.2) is 22.7 Å². The first-order valence-electron chi connectivity index (χ1n) is 6.10. The molecule has 0 unspecified atom stereocenters. The predicted molar refractivity (Wildman–Crippen MR) is 73.8 cm³/mol. The second-order valence-electron chi connectivity index (χ2n) is 4.86. The van der Waals surface area contributed by atoms with E-state index in [1.165, 1.54) is 12.0 Å². The number of aliphatic hydroxyl groups is 1. The number of benzene rings is 1. The summed E-state index contributed by atoms with van der Waals surface area (Å²) in [5, 5.41) is 10.3. The van der Waals surface area contributed by atoms with Gasteiger partial charge < -0.3 is 5.11 Å². The summed E-state index contributed by atoms with van der Waals surface area (Å²) >= 11 is 3.46. The first kappa shape index (κ1) is 12.7. The van der Waals surface area contributed by atoms with Gasteiger partial charge in [0.05, 0.1) is 0 Å². The second kappa shape index (κ2) is 5.25. The van der Waals surface area contributed by atoms with E-state index in [4.69, 9.17) is 0 Å². The Kier molecular flexibility index (Phi) is 3.91. The Balaban J connectivity index is 2.19. The van der Waals surface area contributed by atoms with Crippen LogP contribution >= 0.6 is 15.9 Å². The lowest BCUT2D eigenvalue weighted by molar-refractivity contribution is 0.0610. The van der Waals surface area contributed by atoms with Crippen LogP contribution in [0.2, 0.25) is 0 Å². The minimum Gasteiger partial charge on any atom is -0.378 e. The van der Waals surface area contributed by atoms with Gasteiger partial charge in [-0.05, 0) is 56.4 Å². The van der Waals surface area contributed by atoms with Gasteiger partial charge in [0, 0.05) is 10.0 Å². The molecule has 0 radical (unpaired) electrons. The summed E-state index contributed by atoms with van der Waals surface area (Å²) in [5.74, 6) is 6.16. The zero-order valence-corrected chi connectivity index (χ0v) is 11.7. The van der Waals surface area contributed by atoms with E-state index in [9.17, 15) is 5.11 Å². The van der Waals surface area contributed by atoms with Crippen LogP contribution in [0.3, 0.4) is 0 Å². The van der Waals surface area contributed by atoms with Gasteiger partial charge >= 0.3 is 0 Å². The van der Waals surface area contributed by atoms with Crippen molar-refractivity contribution in [1.82, 2.24) is 0 Å². The van der Waals surface area contributed by atoms with Crippen molar-refractivity contribution in [3.05, 3.63) is 33.8 Å². The lowest BCUT2D eigenvalue weighted by atomic mass is 9.85. The molecule has 1 aliphatic carbocycles. The summed E-state index contributed by atoms with van der Waals surface area (Å²) in [5.41, 5.74) is 1.39. The summed E-state index contributed by atoms with van der Waals surface area (Å²) in [4.78, 5) is 0. The Hall–Kier alpha value is -0.780. The standard InChI is InChI=1S/C15H17BrO/c1-12-9-13(11-14(16)10-12)5-8-15(17)6-3-2-4-7-15/h9-11,17H,2-4,6-7H2,1H3. The average molecular weight is 293 g/mol. The molecule has 0 atom stereocenters. The van der Waals surface area contributed by atoms with Gasteiger partial charge in [-0.2, -0.15) is 0 Å². The van der Waals surface area contributed by atoms with Gasteiger partial charge in [-0.25, -0.2) is 0 Å². The molecule has 0 heterocycles. The molecule has 1 aromatic rings. The van der Waals surface area contributed by atoms with E-state index in [0.717, 1.165) is 35.7 Å². The molecule has 1 aromatic carbocycles. The molecular formula is C15H17BrO. The predicted octanol–water partition coefficient (Wildman–Crippen LogP) is 3.80. The van der Waals surface area contributed by atoms with Crippen LogP contribution in [-0.4, -0.2) is 10.7 Å². The Morgan fingerprint density at radius 2 is 1.88 bits per heavy atom. The number of hydrogen-bond acceptors (Lipinski definition) is 1. The third-order valence-electron chi connectivity index (χ3n) is 3.16. The zero-order chi connectivity index (χ0) is 12.3. The maximum Gasteiger partial charge on any atom is 0.125 e. The highest BCUT2D eigenvalue weighted by Gasteiger charge is 2.26. The van der Waals surface area contributed by atoms with Crippen LogP contribution in [0.4, 0.5) is 0 Å². The van der Waals surface area contributed by atoms with Gasteiger partial charge in [0.2, 0.25) is 0 Å². The molecule has 0 saturated heterocycles. The Labute approximate surface area is 111 Å². The number of halogens is 1. The van der Waals surface area contributed by atoms with E-state index in [2.05, 4.69) is 33.8 Å². The van der Waals surface area contributed by atoms with E-state index in [0.29, 0.717) is 0 Å². The minimum atomic E-state index is -0.755. The Bertz CT molecular complexity index is 441. The van der Waals surface area contributed by atoms with Gasteiger partial charge in [-0.15, -0.1) is 0 Å². The normalized spacial score (nSPS) is 18.3.